The molecule has 3 aromatic rings. The van der Waals surface area contributed by atoms with Crippen molar-refractivity contribution in [2.75, 3.05) is 10.6 Å². The van der Waals surface area contributed by atoms with E-state index in [1.165, 1.54) is 12.3 Å². The van der Waals surface area contributed by atoms with Crippen LogP contribution in [0, 0.1) is 5.82 Å². The number of amides is 1. The van der Waals surface area contributed by atoms with Crippen LogP contribution in [-0.2, 0) is 6.54 Å². The molecule has 2 atom stereocenters. The van der Waals surface area contributed by atoms with E-state index in [2.05, 4.69) is 20.6 Å². The Morgan fingerprint density at radius 2 is 2.03 bits per heavy atom. The molecule has 0 aromatic carbocycles. The van der Waals surface area contributed by atoms with E-state index < -0.39 is 11.7 Å². The van der Waals surface area contributed by atoms with Gasteiger partial charge in [-0.25, -0.2) is 14.4 Å². The van der Waals surface area contributed by atoms with Crippen LogP contribution in [0.1, 0.15) is 49.4 Å². The summed E-state index contributed by atoms with van der Waals surface area (Å²) in [5.74, 6) is -1.36. The van der Waals surface area contributed by atoms with Crippen molar-refractivity contribution in [2.45, 2.75) is 57.7 Å². The first-order valence-corrected chi connectivity index (χ1v) is 11.2. The zero-order valence-electron chi connectivity index (χ0n) is 18.5. The van der Waals surface area contributed by atoms with Gasteiger partial charge in [-0.15, -0.1) is 0 Å². The summed E-state index contributed by atoms with van der Waals surface area (Å²) in [6.07, 6.45) is 6.05. The van der Waals surface area contributed by atoms with Gasteiger partial charge in [-0.05, 0) is 37.5 Å². The molecule has 33 heavy (non-hydrogen) atoms. The van der Waals surface area contributed by atoms with E-state index >= 15 is 0 Å². The number of halogens is 1. The lowest BCUT2D eigenvalue weighted by atomic mass is 9.91. The summed E-state index contributed by atoms with van der Waals surface area (Å²) in [7, 11) is 0. The van der Waals surface area contributed by atoms with E-state index in [4.69, 9.17) is 11.5 Å². The molecule has 1 amide bonds. The second-order valence-corrected chi connectivity index (χ2v) is 8.36. The highest BCUT2D eigenvalue weighted by Gasteiger charge is 2.24. The number of carbonyl (C=O) groups is 1. The highest BCUT2D eigenvalue weighted by atomic mass is 19.1. The van der Waals surface area contributed by atoms with Gasteiger partial charge < -0.3 is 22.1 Å². The predicted octanol–water partition coefficient (Wildman–Crippen LogP) is 2.86. The minimum Gasteiger partial charge on any atom is -0.365 e. The van der Waals surface area contributed by atoms with Crippen LogP contribution in [0.3, 0.4) is 0 Å². The molecule has 1 unspecified atom stereocenters. The van der Waals surface area contributed by atoms with Crippen molar-refractivity contribution >= 4 is 34.3 Å². The Morgan fingerprint density at radius 1 is 1.24 bits per heavy atom. The van der Waals surface area contributed by atoms with Crippen molar-refractivity contribution in [1.82, 2.24) is 14.5 Å². The Kier molecular flexibility index (Phi) is 6.55. The first-order valence-electron chi connectivity index (χ1n) is 11.2. The van der Waals surface area contributed by atoms with Crippen molar-refractivity contribution in [3.63, 3.8) is 0 Å². The van der Waals surface area contributed by atoms with Gasteiger partial charge >= 0.3 is 0 Å². The average molecular weight is 454 g/mol. The zero-order chi connectivity index (χ0) is 23.5. The van der Waals surface area contributed by atoms with Crippen LogP contribution >= 0.6 is 0 Å². The summed E-state index contributed by atoms with van der Waals surface area (Å²) in [6, 6.07) is 5.83. The fourth-order valence-electron chi connectivity index (χ4n) is 4.21. The topological polar surface area (TPSA) is 141 Å². The molecule has 1 aliphatic carbocycles. The van der Waals surface area contributed by atoms with Gasteiger partial charge in [0.1, 0.15) is 11.5 Å². The third-order valence-electron chi connectivity index (χ3n) is 5.92. The summed E-state index contributed by atoms with van der Waals surface area (Å²) in [5.41, 5.74) is 12.5. The molecule has 0 bridgehead atoms. The maximum Gasteiger partial charge on any atom is 0.252 e. The number of carbonyl (C=O) groups excluding carboxylic acids is 1. The molecule has 3 heterocycles. The van der Waals surface area contributed by atoms with E-state index in [9.17, 15) is 14.0 Å². The number of nitrogens with two attached hydrogens (primary N) is 2. The summed E-state index contributed by atoms with van der Waals surface area (Å²) < 4.78 is 16.3. The van der Waals surface area contributed by atoms with Crippen LogP contribution in [0.25, 0.3) is 11.0 Å². The van der Waals surface area contributed by atoms with Crippen molar-refractivity contribution in [3.8, 4) is 0 Å². The highest BCUT2D eigenvalue weighted by molar-refractivity contribution is 5.98. The molecule has 1 saturated carbocycles. The van der Waals surface area contributed by atoms with Gasteiger partial charge in [-0.2, -0.15) is 0 Å². The van der Waals surface area contributed by atoms with Gasteiger partial charge in [0.05, 0.1) is 17.4 Å². The van der Waals surface area contributed by atoms with Crippen LogP contribution in [0.2, 0.25) is 0 Å². The Labute approximate surface area is 190 Å². The van der Waals surface area contributed by atoms with Crippen LogP contribution in [-0.4, -0.2) is 32.5 Å². The SMILES string of the molecule is CCCn1c(=O)ccc2cc(Nc3nc(NC4CCCC[C@@H]4N)c(F)cc3C(N)=O)cnc21. The minimum absolute atomic E-state index is 0.00961. The van der Waals surface area contributed by atoms with Gasteiger partial charge in [0.2, 0.25) is 0 Å². The van der Waals surface area contributed by atoms with E-state index in [-0.39, 0.29) is 34.8 Å². The molecule has 4 rings (SSSR count). The van der Waals surface area contributed by atoms with Crippen molar-refractivity contribution < 1.29 is 9.18 Å². The number of rotatable bonds is 7. The molecule has 1 aliphatic rings. The number of hydrogen-bond acceptors (Lipinski definition) is 7. The molecule has 10 heteroatoms. The van der Waals surface area contributed by atoms with Crippen molar-refractivity contribution in [3.05, 3.63) is 52.2 Å². The van der Waals surface area contributed by atoms with E-state index in [1.54, 1.807) is 16.7 Å². The van der Waals surface area contributed by atoms with Crippen LogP contribution in [0.4, 0.5) is 21.7 Å². The van der Waals surface area contributed by atoms with Gasteiger partial charge in [-0.3, -0.25) is 14.2 Å². The average Bonchev–Trinajstić information content (AvgIpc) is 2.79. The Bertz CT molecular complexity index is 1240. The van der Waals surface area contributed by atoms with E-state index in [0.29, 0.717) is 17.9 Å². The lowest BCUT2D eigenvalue weighted by molar-refractivity contribution is 0.100. The third-order valence-corrected chi connectivity index (χ3v) is 5.92. The first kappa shape index (κ1) is 22.7. The maximum atomic E-state index is 14.7. The molecule has 174 valence electrons. The number of aryl methyl sites for hydroxylation is 1. The number of pyridine rings is 3. The predicted molar refractivity (Wildman–Crippen MR) is 126 cm³/mol. The molecule has 6 N–H and O–H groups in total. The van der Waals surface area contributed by atoms with Gasteiger partial charge in [0, 0.05) is 30.1 Å². The van der Waals surface area contributed by atoms with Crippen LogP contribution < -0.4 is 27.7 Å². The highest BCUT2D eigenvalue weighted by Crippen LogP contribution is 2.27. The van der Waals surface area contributed by atoms with Gasteiger partial charge in [0.15, 0.2) is 11.6 Å². The monoisotopic (exact) mass is 453 g/mol. The van der Waals surface area contributed by atoms with Crippen LogP contribution in [0.15, 0.2) is 35.3 Å². The first-order chi connectivity index (χ1) is 15.9. The van der Waals surface area contributed by atoms with Crippen molar-refractivity contribution in [2.24, 2.45) is 11.5 Å². The number of nitrogens with zero attached hydrogens (tertiary/aromatic N) is 3. The number of anilines is 3. The van der Waals surface area contributed by atoms with E-state index in [0.717, 1.165) is 43.6 Å². The number of aromatic nitrogens is 3. The Morgan fingerprint density at radius 3 is 2.76 bits per heavy atom. The Hall–Kier alpha value is -3.53. The lowest BCUT2D eigenvalue weighted by Gasteiger charge is -2.30. The fraction of sp³-hybridized carbons (Fsp3) is 0.391. The molecule has 1 fully saturated rings. The van der Waals surface area contributed by atoms with Crippen LogP contribution in [0.5, 0.6) is 0 Å². The summed E-state index contributed by atoms with van der Waals surface area (Å²) in [5, 5.41) is 6.86. The molecular formula is C23H28FN7O2. The lowest BCUT2D eigenvalue weighted by Crippen LogP contribution is -2.43. The quantitative estimate of drug-likeness (QED) is 0.431. The molecular weight excluding hydrogens is 425 g/mol. The minimum atomic E-state index is -0.810. The normalized spacial score (nSPS) is 18.3. The number of primary amides is 1. The summed E-state index contributed by atoms with van der Waals surface area (Å²) in [4.78, 5) is 32.9. The van der Waals surface area contributed by atoms with Gasteiger partial charge in [-0.1, -0.05) is 19.8 Å². The van der Waals surface area contributed by atoms with E-state index in [1.807, 2.05) is 6.92 Å². The van der Waals surface area contributed by atoms with Gasteiger partial charge in [0.25, 0.3) is 11.5 Å². The maximum absolute atomic E-state index is 14.7. The second-order valence-electron chi connectivity index (χ2n) is 8.36. The summed E-state index contributed by atoms with van der Waals surface area (Å²) in [6.45, 7) is 2.54. The smallest absolute Gasteiger partial charge is 0.252 e. The zero-order valence-corrected chi connectivity index (χ0v) is 18.5. The second kappa shape index (κ2) is 9.53. The Balaban J connectivity index is 1.68. The number of hydrogen-bond donors (Lipinski definition) is 4. The molecule has 0 aliphatic heterocycles. The summed E-state index contributed by atoms with van der Waals surface area (Å²) >= 11 is 0. The third kappa shape index (κ3) is 4.80. The number of nitrogens with one attached hydrogen (secondary N) is 2. The largest absolute Gasteiger partial charge is 0.365 e. The standard InChI is InChI=1S/C23H28FN7O2/c1-2-9-31-19(32)8-7-13-10-14(12-27-23(13)31)28-21-15(20(26)33)11-16(24)22(30-21)29-18-6-4-3-5-17(18)25/h7-8,10-12,17-18H,2-6,9,25H2,1H3,(H2,26,33)(H2,28,29,30)/t17-,18?/m0/s1. The molecule has 0 saturated heterocycles. The number of fused-ring (bicyclic) bond motifs is 1. The molecule has 0 radical (unpaired) electrons. The van der Waals surface area contributed by atoms with Crippen molar-refractivity contribution in [1.29, 1.82) is 0 Å². The molecule has 3 aromatic heterocycles. The molecule has 9 nitrogen and oxygen atoms in total. The molecule has 0 spiro atoms. The fourth-order valence-corrected chi connectivity index (χ4v) is 4.21.